The first kappa shape index (κ1) is 10.5. The molecule has 1 aliphatic heterocycles. The van der Waals surface area contributed by atoms with Gasteiger partial charge in [0, 0.05) is 6.54 Å². The quantitative estimate of drug-likeness (QED) is 0.817. The Kier molecular flexibility index (Phi) is 3.27. The summed E-state index contributed by atoms with van der Waals surface area (Å²) in [5.74, 6) is 1.72. The van der Waals surface area contributed by atoms with Crippen molar-refractivity contribution in [3.63, 3.8) is 0 Å². The molecule has 0 saturated carbocycles. The van der Waals surface area contributed by atoms with Gasteiger partial charge in [0.05, 0.1) is 7.11 Å². The van der Waals surface area contributed by atoms with Crippen LogP contribution in [-0.2, 0) is 6.42 Å². The van der Waals surface area contributed by atoms with E-state index in [-0.39, 0.29) is 0 Å². The zero-order chi connectivity index (χ0) is 10.7. The molecule has 0 spiro atoms. The van der Waals surface area contributed by atoms with Crippen LogP contribution in [0.15, 0.2) is 18.2 Å². The fraction of sp³-hybridized carbons (Fsp3) is 0.538. The first-order chi connectivity index (χ1) is 7.36. The lowest BCUT2D eigenvalue weighted by atomic mass is 9.92. The van der Waals surface area contributed by atoms with Gasteiger partial charge in [0.25, 0.3) is 0 Å². The third-order valence-corrected chi connectivity index (χ3v) is 3.24. The maximum Gasteiger partial charge on any atom is 0.122 e. The third kappa shape index (κ3) is 2.00. The molecule has 1 aromatic carbocycles. The molecule has 2 rings (SSSR count). The van der Waals surface area contributed by atoms with Crippen molar-refractivity contribution in [2.24, 2.45) is 0 Å². The summed E-state index contributed by atoms with van der Waals surface area (Å²) in [6, 6.07) is 6.41. The van der Waals surface area contributed by atoms with Crippen molar-refractivity contribution in [3.8, 4) is 5.75 Å². The highest BCUT2D eigenvalue weighted by Gasteiger charge is 2.20. The van der Waals surface area contributed by atoms with E-state index >= 15 is 0 Å². The molecule has 2 nitrogen and oxygen atoms in total. The number of ether oxygens (including phenoxy) is 1. The fourth-order valence-electron chi connectivity index (χ4n) is 2.45. The molecule has 1 saturated heterocycles. The van der Waals surface area contributed by atoms with Gasteiger partial charge in [-0.05, 0) is 42.5 Å². The van der Waals surface area contributed by atoms with E-state index in [1.807, 2.05) is 0 Å². The van der Waals surface area contributed by atoms with E-state index in [1.54, 1.807) is 7.11 Å². The summed E-state index contributed by atoms with van der Waals surface area (Å²) in [7, 11) is 1.76. The van der Waals surface area contributed by atoms with Gasteiger partial charge in [0.1, 0.15) is 5.75 Å². The van der Waals surface area contributed by atoms with Crippen LogP contribution < -0.4 is 10.1 Å². The highest BCUT2D eigenvalue weighted by molar-refractivity contribution is 5.42. The van der Waals surface area contributed by atoms with E-state index in [1.165, 1.54) is 17.5 Å². The summed E-state index contributed by atoms with van der Waals surface area (Å²) in [6.07, 6.45) is 2.30. The van der Waals surface area contributed by atoms with E-state index in [0.29, 0.717) is 5.92 Å². The van der Waals surface area contributed by atoms with Gasteiger partial charge in [0.15, 0.2) is 0 Å². The lowest BCUT2D eigenvalue weighted by molar-refractivity contribution is 0.409. The first-order valence-electron chi connectivity index (χ1n) is 5.73. The lowest BCUT2D eigenvalue weighted by Gasteiger charge is -2.16. The third-order valence-electron chi connectivity index (χ3n) is 3.24. The van der Waals surface area contributed by atoms with Gasteiger partial charge in [-0.25, -0.2) is 0 Å². The average molecular weight is 205 g/mol. The second-order valence-electron chi connectivity index (χ2n) is 4.07. The largest absolute Gasteiger partial charge is 0.496 e. The van der Waals surface area contributed by atoms with Crippen LogP contribution in [0, 0.1) is 0 Å². The Labute approximate surface area is 91.6 Å². The van der Waals surface area contributed by atoms with Crippen molar-refractivity contribution >= 4 is 0 Å². The Balaban J connectivity index is 2.36. The predicted molar refractivity (Wildman–Crippen MR) is 62.6 cm³/mol. The van der Waals surface area contributed by atoms with Crippen LogP contribution in [0.4, 0.5) is 0 Å². The Morgan fingerprint density at radius 1 is 1.47 bits per heavy atom. The number of methoxy groups -OCH3 is 1. The summed E-state index contributed by atoms with van der Waals surface area (Å²) < 4.78 is 5.42. The van der Waals surface area contributed by atoms with Gasteiger partial charge in [-0.3, -0.25) is 0 Å². The normalized spacial score (nSPS) is 20.5. The van der Waals surface area contributed by atoms with Crippen molar-refractivity contribution in [2.75, 3.05) is 20.2 Å². The lowest BCUT2D eigenvalue weighted by Crippen LogP contribution is -2.09. The Bertz CT molecular complexity index is 329. The summed E-state index contributed by atoms with van der Waals surface area (Å²) in [6.45, 7) is 4.45. The molecule has 2 heteroatoms. The zero-order valence-corrected chi connectivity index (χ0v) is 9.55. The molecule has 0 bridgehead atoms. The van der Waals surface area contributed by atoms with Crippen molar-refractivity contribution in [2.45, 2.75) is 25.7 Å². The smallest absolute Gasteiger partial charge is 0.122 e. The molecule has 0 radical (unpaired) electrons. The second kappa shape index (κ2) is 4.67. The maximum atomic E-state index is 5.42. The molecular weight excluding hydrogens is 186 g/mol. The second-order valence-corrected chi connectivity index (χ2v) is 4.07. The number of rotatable bonds is 3. The zero-order valence-electron chi connectivity index (χ0n) is 9.55. The van der Waals surface area contributed by atoms with Crippen LogP contribution >= 0.6 is 0 Å². The molecule has 0 aliphatic carbocycles. The van der Waals surface area contributed by atoms with Crippen LogP contribution in [-0.4, -0.2) is 20.2 Å². The number of hydrogen-bond acceptors (Lipinski definition) is 2. The van der Waals surface area contributed by atoms with Crippen molar-refractivity contribution in [1.82, 2.24) is 5.32 Å². The van der Waals surface area contributed by atoms with E-state index in [9.17, 15) is 0 Å². The molecular formula is C13H19NO. The molecule has 1 aliphatic rings. The fourth-order valence-corrected chi connectivity index (χ4v) is 2.45. The first-order valence-corrected chi connectivity index (χ1v) is 5.73. The minimum absolute atomic E-state index is 0.676. The number of hydrogen-bond donors (Lipinski definition) is 1. The Morgan fingerprint density at radius 2 is 2.33 bits per heavy atom. The van der Waals surface area contributed by atoms with Crippen LogP contribution in [0.1, 0.15) is 30.4 Å². The molecule has 15 heavy (non-hydrogen) atoms. The minimum atomic E-state index is 0.676. The maximum absolute atomic E-state index is 5.42. The summed E-state index contributed by atoms with van der Waals surface area (Å²) >= 11 is 0. The van der Waals surface area contributed by atoms with Crippen LogP contribution in [0.5, 0.6) is 5.75 Å². The summed E-state index contributed by atoms with van der Waals surface area (Å²) in [5, 5.41) is 3.42. The molecule has 82 valence electrons. The minimum Gasteiger partial charge on any atom is -0.496 e. The topological polar surface area (TPSA) is 21.3 Å². The molecule has 0 aromatic heterocycles. The average Bonchev–Trinajstić information content (AvgIpc) is 2.81. The molecule has 1 heterocycles. The van der Waals surface area contributed by atoms with Crippen molar-refractivity contribution in [3.05, 3.63) is 29.3 Å². The SMILES string of the molecule is CCc1c(OC)cccc1C1CCNC1. The van der Waals surface area contributed by atoms with Crippen molar-refractivity contribution in [1.29, 1.82) is 0 Å². The van der Waals surface area contributed by atoms with E-state index in [2.05, 4.69) is 30.4 Å². The number of nitrogens with one attached hydrogen (secondary N) is 1. The molecule has 1 unspecified atom stereocenters. The van der Waals surface area contributed by atoms with Gasteiger partial charge >= 0.3 is 0 Å². The van der Waals surface area contributed by atoms with Crippen LogP contribution in [0.25, 0.3) is 0 Å². The van der Waals surface area contributed by atoms with E-state index < -0.39 is 0 Å². The highest BCUT2D eigenvalue weighted by atomic mass is 16.5. The van der Waals surface area contributed by atoms with Gasteiger partial charge in [-0.15, -0.1) is 0 Å². The molecule has 1 N–H and O–H groups in total. The van der Waals surface area contributed by atoms with Gasteiger partial charge in [-0.1, -0.05) is 19.1 Å². The Hall–Kier alpha value is -1.02. The van der Waals surface area contributed by atoms with Gasteiger partial charge < -0.3 is 10.1 Å². The Morgan fingerprint density at radius 3 is 2.93 bits per heavy atom. The highest BCUT2D eigenvalue weighted by Crippen LogP contribution is 2.31. The van der Waals surface area contributed by atoms with Crippen molar-refractivity contribution < 1.29 is 4.74 Å². The summed E-state index contributed by atoms with van der Waals surface area (Å²) in [5.41, 5.74) is 2.86. The van der Waals surface area contributed by atoms with Crippen LogP contribution in [0.2, 0.25) is 0 Å². The van der Waals surface area contributed by atoms with Gasteiger partial charge in [0.2, 0.25) is 0 Å². The van der Waals surface area contributed by atoms with Crippen LogP contribution in [0.3, 0.4) is 0 Å². The monoisotopic (exact) mass is 205 g/mol. The summed E-state index contributed by atoms with van der Waals surface area (Å²) in [4.78, 5) is 0. The van der Waals surface area contributed by atoms with E-state index in [4.69, 9.17) is 4.74 Å². The molecule has 0 amide bonds. The molecule has 1 fully saturated rings. The molecule has 1 atom stereocenters. The number of benzene rings is 1. The van der Waals surface area contributed by atoms with Gasteiger partial charge in [-0.2, -0.15) is 0 Å². The molecule has 1 aromatic rings. The van der Waals surface area contributed by atoms with E-state index in [0.717, 1.165) is 25.3 Å². The standard InChI is InChI=1S/C13H19NO/c1-3-11-12(10-7-8-14-9-10)5-4-6-13(11)15-2/h4-6,10,14H,3,7-9H2,1-2H3. The predicted octanol–water partition coefficient (Wildman–Crippen LogP) is 2.33.